The van der Waals surface area contributed by atoms with Gasteiger partial charge in [0.2, 0.25) is 0 Å². The zero-order chi connectivity index (χ0) is 9.24. The van der Waals surface area contributed by atoms with Crippen molar-refractivity contribution in [3.8, 4) is 0 Å². The van der Waals surface area contributed by atoms with Crippen molar-refractivity contribution in [2.45, 2.75) is 13.3 Å². The van der Waals surface area contributed by atoms with Gasteiger partial charge in [-0.2, -0.15) is 0 Å². The number of sulfone groups is 1. The van der Waals surface area contributed by atoms with Gasteiger partial charge in [0.1, 0.15) is 0 Å². The zero-order valence-corrected chi connectivity index (χ0v) is 8.73. The van der Waals surface area contributed by atoms with E-state index in [1.54, 1.807) is 0 Å². The first-order chi connectivity index (χ1) is 5.47. The summed E-state index contributed by atoms with van der Waals surface area (Å²) in [5.41, 5.74) is 0. The van der Waals surface area contributed by atoms with Crippen molar-refractivity contribution in [3.05, 3.63) is 0 Å². The van der Waals surface area contributed by atoms with E-state index in [2.05, 4.69) is 14.0 Å². The molecule has 0 bridgehead atoms. The summed E-state index contributed by atoms with van der Waals surface area (Å²) in [6.07, 6.45) is 1.14. The number of quaternary nitrogens is 1. The summed E-state index contributed by atoms with van der Waals surface area (Å²) in [4.78, 5) is 0. The molecule has 1 fully saturated rings. The lowest BCUT2D eigenvalue weighted by Gasteiger charge is -2.37. The van der Waals surface area contributed by atoms with Crippen molar-refractivity contribution in [1.29, 1.82) is 0 Å². The van der Waals surface area contributed by atoms with Crippen molar-refractivity contribution >= 4 is 9.84 Å². The molecule has 0 amide bonds. The van der Waals surface area contributed by atoms with E-state index in [0.717, 1.165) is 30.5 Å². The van der Waals surface area contributed by atoms with Crippen molar-refractivity contribution in [2.75, 3.05) is 38.2 Å². The van der Waals surface area contributed by atoms with Gasteiger partial charge in [0, 0.05) is 0 Å². The van der Waals surface area contributed by atoms with Crippen LogP contribution < -0.4 is 0 Å². The second-order valence-corrected chi connectivity index (χ2v) is 6.25. The van der Waals surface area contributed by atoms with E-state index < -0.39 is 9.84 Å². The molecule has 1 heterocycles. The Balaban J connectivity index is 2.55. The standard InChI is InChI=1S/C8H18NO2S/c1-3-4-9(2)5-7-12(10,11)8-6-9/h3-8H2,1-2H3/q+1. The third-order valence-electron chi connectivity index (χ3n) is 2.65. The number of hydrogen-bond acceptors (Lipinski definition) is 2. The molecule has 0 N–H and O–H groups in total. The molecule has 1 aliphatic rings. The summed E-state index contributed by atoms with van der Waals surface area (Å²) in [5, 5.41) is 0. The number of nitrogens with zero attached hydrogens (tertiary/aromatic N) is 1. The SMILES string of the molecule is CCC[N+]1(C)CCS(=O)(=O)CC1. The van der Waals surface area contributed by atoms with Crippen LogP contribution in [0.3, 0.4) is 0 Å². The lowest BCUT2D eigenvalue weighted by atomic mass is 10.3. The van der Waals surface area contributed by atoms with Gasteiger partial charge in [-0.1, -0.05) is 6.92 Å². The summed E-state index contributed by atoms with van der Waals surface area (Å²) in [5.74, 6) is 0.757. The Morgan fingerprint density at radius 1 is 1.25 bits per heavy atom. The minimum atomic E-state index is -2.69. The molecular weight excluding hydrogens is 174 g/mol. The van der Waals surface area contributed by atoms with Gasteiger partial charge in [0.25, 0.3) is 0 Å². The molecule has 0 spiro atoms. The Kier molecular flexibility index (Phi) is 2.78. The summed E-state index contributed by atoms with van der Waals surface area (Å²) >= 11 is 0. The molecule has 0 radical (unpaired) electrons. The van der Waals surface area contributed by atoms with Crippen molar-refractivity contribution in [2.24, 2.45) is 0 Å². The maximum atomic E-state index is 11.1. The normalized spacial score (nSPS) is 26.8. The molecule has 0 unspecified atom stereocenters. The van der Waals surface area contributed by atoms with Crippen molar-refractivity contribution in [1.82, 2.24) is 0 Å². The van der Waals surface area contributed by atoms with Gasteiger partial charge in [-0.05, 0) is 6.42 Å². The van der Waals surface area contributed by atoms with Crippen LogP contribution in [0.2, 0.25) is 0 Å². The van der Waals surface area contributed by atoms with Crippen LogP contribution in [0.5, 0.6) is 0 Å². The van der Waals surface area contributed by atoms with Crippen LogP contribution in [0.1, 0.15) is 13.3 Å². The average Bonchev–Trinajstić information content (AvgIpc) is 1.98. The highest BCUT2D eigenvalue weighted by molar-refractivity contribution is 7.91. The Morgan fingerprint density at radius 3 is 2.17 bits per heavy atom. The fourth-order valence-corrected chi connectivity index (χ4v) is 3.34. The molecule has 1 aliphatic heterocycles. The van der Waals surface area contributed by atoms with E-state index in [0.29, 0.717) is 11.5 Å². The second-order valence-electron chi connectivity index (χ2n) is 3.94. The van der Waals surface area contributed by atoms with E-state index in [9.17, 15) is 8.42 Å². The Labute approximate surface area is 74.9 Å². The molecule has 0 aromatic heterocycles. The maximum absolute atomic E-state index is 11.1. The summed E-state index contributed by atoms with van der Waals surface area (Å²) in [6.45, 7) is 4.86. The maximum Gasteiger partial charge on any atom is 0.161 e. The van der Waals surface area contributed by atoms with Gasteiger partial charge in [-0.25, -0.2) is 8.42 Å². The van der Waals surface area contributed by atoms with Crippen LogP contribution in [0.15, 0.2) is 0 Å². The Morgan fingerprint density at radius 2 is 1.75 bits per heavy atom. The van der Waals surface area contributed by atoms with E-state index in [1.807, 2.05) is 0 Å². The lowest BCUT2D eigenvalue weighted by Crippen LogP contribution is -2.54. The van der Waals surface area contributed by atoms with Crippen LogP contribution in [0.25, 0.3) is 0 Å². The second kappa shape index (κ2) is 3.34. The first-order valence-corrected chi connectivity index (χ1v) is 6.34. The minimum Gasteiger partial charge on any atom is -0.324 e. The molecule has 72 valence electrons. The fraction of sp³-hybridized carbons (Fsp3) is 1.00. The van der Waals surface area contributed by atoms with E-state index in [-0.39, 0.29) is 0 Å². The van der Waals surface area contributed by atoms with Gasteiger partial charge >= 0.3 is 0 Å². The largest absolute Gasteiger partial charge is 0.324 e. The van der Waals surface area contributed by atoms with Crippen LogP contribution in [-0.2, 0) is 9.84 Å². The highest BCUT2D eigenvalue weighted by Gasteiger charge is 2.31. The van der Waals surface area contributed by atoms with Gasteiger partial charge < -0.3 is 4.48 Å². The predicted octanol–water partition coefficient (Wildman–Crippen LogP) is 0.271. The molecule has 1 saturated heterocycles. The van der Waals surface area contributed by atoms with Crippen molar-refractivity contribution in [3.63, 3.8) is 0 Å². The average molecular weight is 192 g/mol. The monoisotopic (exact) mass is 192 g/mol. The highest BCUT2D eigenvalue weighted by Crippen LogP contribution is 2.11. The van der Waals surface area contributed by atoms with E-state index in [1.165, 1.54) is 0 Å². The smallest absolute Gasteiger partial charge is 0.161 e. The van der Waals surface area contributed by atoms with Gasteiger partial charge in [-0.15, -0.1) is 0 Å². The summed E-state index contributed by atoms with van der Waals surface area (Å²) in [7, 11) is -0.537. The molecule has 1 rings (SSSR count). The molecule has 0 aliphatic carbocycles. The molecule has 12 heavy (non-hydrogen) atoms. The van der Waals surface area contributed by atoms with Gasteiger partial charge in [-0.3, -0.25) is 0 Å². The quantitative estimate of drug-likeness (QED) is 0.589. The fourth-order valence-electron chi connectivity index (χ4n) is 1.70. The molecule has 4 heteroatoms. The zero-order valence-electron chi connectivity index (χ0n) is 7.91. The van der Waals surface area contributed by atoms with Crippen molar-refractivity contribution < 1.29 is 12.9 Å². The Bertz CT molecular complexity index is 232. The first kappa shape index (κ1) is 9.99. The molecule has 0 saturated carbocycles. The van der Waals surface area contributed by atoms with Crippen LogP contribution >= 0.6 is 0 Å². The van der Waals surface area contributed by atoms with Crippen LogP contribution in [-0.4, -0.2) is 51.1 Å². The van der Waals surface area contributed by atoms with Gasteiger partial charge in [0.05, 0.1) is 38.2 Å². The number of hydrogen-bond donors (Lipinski definition) is 0. The van der Waals surface area contributed by atoms with Gasteiger partial charge in [0.15, 0.2) is 9.84 Å². The topological polar surface area (TPSA) is 34.1 Å². The summed E-state index contributed by atoms with van der Waals surface area (Å²) < 4.78 is 23.2. The lowest BCUT2D eigenvalue weighted by molar-refractivity contribution is -0.906. The third kappa shape index (κ3) is 2.45. The highest BCUT2D eigenvalue weighted by atomic mass is 32.2. The molecule has 0 atom stereocenters. The predicted molar refractivity (Wildman–Crippen MR) is 49.7 cm³/mol. The molecule has 3 nitrogen and oxygen atoms in total. The van der Waals surface area contributed by atoms with Crippen LogP contribution in [0.4, 0.5) is 0 Å². The first-order valence-electron chi connectivity index (χ1n) is 4.51. The summed E-state index contributed by atoms with van der Waals surface area (Å²) in [6, 6.07) is 0. The van der Waals surface area contributed by atoms with E-state index >= 15 is 0 Å². The minimum absolute atomic E-state index is 0.378. The van der Waals surface area contributed by atoms with Crippen LogP contribution in [0, 0.1) is 0 Å². The Hall–Kier alpha value is -0.0900. The molecule has 0 aromatic carbocycles. The molecular formula is C8H18NO2S+. The number of rotatable bonds is 2. The molecule has 0 aromatic rings. The third-order valence-corrected chi connectivity index (χ3v) is 4.26. The van der Waals surface area contributed by atoms with E-state index in [4.69, 9.17) is 0 Å².